The zero-order valence-corrected chi connectivity index (χ0v) is 7.81. The van der Waals surface area contributed by atoms with E-state index in [9.17, 15) is 9.59 Å². The highest BCUT2D eigenvalue weighted by Crippen LogP contribution is 2.01. The van der Waals surface area contributed by atoms with Crippen LogP contribution >= 0.6 is 0 Å². The lowest BCUT2D eigenvalue weighted by Gasteiger charge is -1.98. The molecule has 0 unspecified atom stereocenters. The molecule has 5 heteroatoms. The van der Waals surface area contributed by atoms with Gasteiger partial charge in [0, 0.05) is 25.2 Å². The monoisotopic (exact) mass is 199 g/mol. The van der Waals surface area contributed by atoms with Crippen molar-refractivity contribution in [2.75, 3.05) is 19.8 Å². The summed E-state index contributed by atoms with van der Waals surface area (Å²) in [4.78, 5) is 21.6. The summed E-state index contributed by atoms with van der Waals surface area (Å²) in [7, 11) is 0. The fourth-order valence-corrected chi connectivity index (χ4v) is 0.414. The summed E-state index contributed by atoms with van der Waals surface area (Å²) in [6.07, 6.45) is 2.00. The van der Waals surface area contributed by atoms with E-state index in [1.807, 2.05) is 4.90 Å². The van der Waals surface area contributed by atoms with Crippen LogP contribution in [0.5, 0.6) is 0 Å². The highest BCUT2D eigenvalue weighted by molar-refractivity contribution is 5.81. The van der Waals surface area contributed by atoms with Gasteiger partial charge in [-0.05, 0) is 0 Å². The summed E-state index contributed by atoms with van der Waals surface area (Å²) in [5.41, 5.74) is 0. The molecule has 5 nitrogen and oxygen atoms in total. The van der Waals surface area contributed by atoms with Gasteiger partial charge in [-0.25, -0.2) is 9.59 Å². The van der Waals surface area contributed by atoms with E-state index in [0.717, 1.165) is 19.2 Å². The Morgan fingerprint density at radius 1 is 1.36 bits per heavy atom. The molecule has 0 spiro atoms. The van der Waals surface area contributed by atoms with Crippen LogP contribution < -0.4 is 0 Å². The normalized spacial score (nSPS) is 13.1. The van der Waals surface area contributed by atoms with Crippen LogP contribution in [0.25, 0.3) is 0 Å². The molecule has 1 fully saturated rings. The van der Waals surface area contributed by atoms with Gasteiger partial charge < -0.3 is 9.84 Å². The molecule has 0 aromatic rings. The summed E-state index contributed by atoms with van der Waals surface area (Å²) in [6, 6.07) is 0. The molecule has 14 heavy (non-hydrogen) atoms. The summed E-state index contributed by atoms with van der Waals surface area (Å²) in [5.74, 6) is -1.33. The predicted molar refractivity (Wildman–Crippen MR) is 50.6 cm³/mol. The minimum absolute atomic E-state index is 0.345. The van der Waals surface area contributed by atoms with E-state index in [0.29, 0.717) is 6.73 Å². The summed E-state index contributed by atoms with van der Waals surface area (Å²) in [6.45, 7) is 8.74. The van der Waals surface area contributed by atoms with Gasteiger partial charge in [-0.2, -0.15) is 0 Å². The highest BCUT2D eigenvalue weighted by atomic mass is 16.5. The minimum Gasteiger partial charge on any atom is -0.478 e. The molecule has 1 aliphatic heterocycles. The number of rotatable bonds is 4. The number of carbonyl (C=O) groups is 2. The zero-order chi connectivity index (χ0) is 11.0. The second-order valence-electron chi connectivity index (χ2n) is 2.46. The van der Waals surface area contributed by atoms with Gasteiger partial charge in [-0.1, -0.05) is 13.2 Å². The van der Waals surface area contributed by atoms with Gasteiger partial charge in [-0.15, -0.1) is 0 Å². The van der Waals surface area contributed by atoms with Crippen LogP contribution in [0.15, 0.2) is 25.3 Å². The lowest BCUT2D eigenvalue weighted by molar-refractivity contribution is -0.140. The molecular formula is C9H13NO4. The van der Waals surface area contributed by atoms with Gasteiger partial charge in [0.05, 0.1) is 0 Å². The Morgan fingerprint density at radius 2 is 1.86 bits per heavy atom. The molecule has 1 heterocycles. The molecular weight excluding hydrogens is 186 g/mol. The fraction of sp³-hybridized carbons (Fsp3) is 0.333. The first-order valence-electron chi connectivity index (χ1n) is 3.97. The second kappa shape index (κ2) is 6.85. The number of carboxylic acids is 1. The molecule has 0 aromatic carbocycles. The number of carbonyl (C=O) groups excluding carboxylic acids is 1. The molecule has 0 saturated carbocycles. The largest absolute Gasteiger partial charge is 0.478 e. The van der Waals surface area contributed by atoms with Crippen LogP contribution in [-0.2, 0) is 14.3 Å². The van der Waals surface area contributed by atoms with Gasteiger partial charge in [0.25, 0.3) is 0 Å². The van der Waals surface area contributed by atoms with Gasteiger partial charge in [0.1, 0.15) is 6.73 Å². The van der Waals surface area contributed by atoms with Crippen LogP contribution in [0.3, 0.4) is 0 Å². The Hall–Kier alpha value is -1.62. The molecule has 1 saturated heterocycles. The molecule has 0 radical (unpaired) electrons. The zero-order valence-electron chi connectivity index (χ0n) is 7.81. The van der Waals surface area contributed by atoms with Crippen LogP contribution in [0.2, 0.25) is 0 Å². The average molecular weight is 199 g/mol. The van der Waals surface area contributed by atoms with Gasteiger partial charge >= 0.3 is 11.9 Å². The minimum atomic E-state index is -0.981. The number of hydrogen-bond acceptors (Lipinski definition) is 4. The standard InChI is InChI=1S/C6H9NO2.C3H4O2/c1-2-6(8)9-5-7-3-4-7;1-2-3(4)5/h2H,1,3-5H2;2H,1H2,(H,4,5). The van der Waals surface area contributed by atoms with E-state index in [1.54, 1.807) is 0 Å². The van der Waals surface area contributed by atoms with Gasteiger partial charge in [0.2, 0.25) is 0 Å². The number of nitrogens with zero attached hydrogens (tertiary/aromatic N) is 1. The van der Waals surface area contributed by atoms with E-state index in [1.165, 1.54) is 6.08 Å². The molecule has 0 bridgehead atoms. The van der Waals surface area contributed by atoms with E-state index < -0.39 is 5.97 Å². The fourth-order valence-electron chi connectivity index (χ4n) is 0.414. The predicted octanol–water partition coefficient (Wildman–Crippen LogP) is 0.246. The molecule has 1 aliphatic rings. The van der Waals surface area contributed by atoms with E-state index in [-0.39, 0.29) is 5.97 Å². The van der Waals surface area contributed by atoms with Crippen LogP contribution in [-0.4, -0.2) is 41.8 Å². The first-order valence-corrected chi connectivity index (χ1v) is 3.97. The Bertz CT molecular complexity index is 233. The maximum Gasteiger partial charge on any atom is 0.331 e. The van der Waals surface area contributed by atoms with E-state index in [4.69, 9.17) is 5.11 Å². The SMILES string of the molecule is C=CC(=O)O.C=CC(=O)OCN1CC1. The van der Waals surface area contributed by atoms with Crippen molar-refractivity contribution in [1.29, 1.82) is 0 Å². The number of aliphatic carboxylic acids is 1. The van der Waals surface area contributed by atoms with Crippen molar-refractivity contribution in [3.05, 3.63) is 25.3 Å². The third-order valence-corrected chi connectivity index (χ3v) is 1.27. The van der Waals surface area contributed by atoms with Crippen molar-refractivity contribution < 1.29 is 19.4 Å². The van der Waals surface area contributed by atoms with Crippen molar-refractivity contribution in [3.8, 4) is 0 Å². The Balaban J connectivity index is 0.000000292. The maximum absolute atomic E-state index is 10.4. The molecule has 0 aromatic heterocycles. The van der Waals surface area contributed by atoms with Crippen molar-refractivity contribution in [3.63, 3.8) is 0 Å². The van der Waals surface area contributed by atoms with Gasteiger partial charge in [0.15, 0.2) is 0 Å². The Kier molecular flexibility index (Phi) is 6.06. The maximum atomic E-state index is 10.4. The summed E-state index contributed by atoms with van der Waals surface area (Å²) >= 11 is 0. The van der Waals surface area contributed by atoms with E-state index >= 15 is 0 Å². The first-order chi connectivity index (χ1) is 6.60. The quantitative estimate of drug-likeness (QED) is 0.399. The molecule has 0 amide bonds. The van der Waals surface area contributed by atoms with Crippen molar-refractivity contribution in [2.45, 2.75) is 0 Å². The molecule has 78 valence electrons. The third kappa shape index (κ3) is 8.48. The van der Waals surface area contributed by atoms with Crippen molar-refractivity contribution in [1.82, 2.24) is 4.90 Å². The molecule has 1 N–H and O–H groups in total. The number of carboxylic acid groups (broad SMARTS) is 1. The molecule has 0 atom stereocenters. The summed E-state index contributed by atoms with van der Waals surface area (Å²) in [5, 5.41) is 7.60. The highest BCUT2D eigenvalue weighted by Gasteiger charge is 2.17. The summed E-state index contributed by atoms with van der Waals surface area (Å²) < 4.78 is 4.68. The second-order valence-corrected chi connectivity index (χ2v) is 2.46. The number of hydrogen-bond donors (Lipinski definition) is 1. The smallest absolute Gasteiger partial charge is 0.331 e. The van der Waals surface area contributed by atoms with Crippen LogP contribution in [0.4, 0.5) is 0 Å². The van der Waals surface area contributed by atoms with E-state index in [2.05, 4.69) is 17.9 Å². The number of ether oxygens (including phenoxy) is 1. The van der Waals surface area contributed by atoms with Gasteiger partial charge in [-0.3, -0.25) is 4.90 Å². The third-order valence-electron chi connectivity index (χ3n) is 1.27. The number of esters is 1. The average Bonchev–Trinajstić information content (AvgIpc) is 2.98. The topological polar surface area (TPSA) is 66.6 Å². The lowest BCUT2D eigenvalue weighted by Crippen LogP contribution is -2.08. The van der Waals surface area contributed by atoms with Crippen LogP contribution in [0.1, 0.15) is 0 Å². The van der Waals surface area contributed by atoms with Crippen LogP contribution in [0, 0.1) is 0 Å². The Labute approximate surface area is 82.3 Å². The molecule has 1 rings (SSSR count). The first kappa shape index (κ1) is 12.4. The lowest BCUT2D eigenvalue weighted by atomic mass is 10.7. The van der Waals surface area contributed by atoms with Crippen molar-refractivity contribution in [2.24, 2.45) is 0 Å². The Morgan fingerprint density at radius 3 is 2.14 bits per heavy atom. The van der Waals surface area contributed by atoms with Crippen molar-refractivity contribution >= 4 is 11.9 Å². The molecule has 0 aliphatic carbocycles.